The third kappa shape index (κ3) is 3.36. The zero-order valence-electron chi connectivity index (χ0n) is 15.7. The molecule has 0 spiro atoms. The molecule has 1 unspecified atom stereocenters. The van der Waals surface area contributed by atoms with E-state index in [0.29, 0.717) is 28.7 Å². The van der Waals surface area contributed by atoms with Crippen LogP contribution in [0.3, 0.4) is 0 Å². The van der Waals surface area contributed by atoms with Gasteiger partial charge in [0.2, 0.25) is 0 Å². The number of carbonyl (C=O) groups is 2. The molecule has 1 aliphatic carbocycles. The molecule has 1 aliphatic rings. The van der Waals surface area contributed by atoms with Crippen molar-refractivity contribution < 1.29 is 14.2 Å². The summed E-state index contributed by atoms with van der Waals surface area (Å²) in [5.41, 5.74) is 3.90. The van der Waals surface area contributed by atoms with Crippen molar-refractivity contribution in [3.05, 3.63) is 94.1 Å². The third-order valence-corrected chi connectivity index (χ3v) is 5.93. The first kappa shape index (κ1) is 19.1. The second-order valence-corrected chi connectivity index (χ2v) is 7.90. The standard InChI is InChI=1S/C23H21O3P/c1-15-14-16(2)20(22(25)23(27-26)12-8-5-9-13-23)17(3)19(15)21(24)18-10-6-4-7-11-18/h4-12,14H,13H2,1-3H3. The number of Topliss-reactive ketones (excluding diaryl/α,β-unsaturated/α-hetero) is 1. The Bertz CT molecular complexity index is 986. The minimum atomic E-state index is -1.10. The van der Waals surface area contributed by atoms with E-state index in [2.05, 4.69) is 0 Å². The number of rotatable bonds is 5. The lowest BCUT2D eigenvalue weighted by atomic mass is 9.82. The molecule has 0 N–H and O–H groups in total. The van der Waals surface area contributed by atoms with E-state index in [1.54, 1.807) is 31.2 Å². The Kier molecular flexibility index (Phi) is 5.34. The van der Waals surface area contributed by atoms with E-state index in [9.17, 15) is 14.2 Å². The van der Waals surface area contributed by atoms with Crippen LogP contribution in [0, 0.1) is 20.8 Å². The highest BCUT2D eigenvalue weighted by Gasteiger charge is 2.39. The number of benzene rings is 2. The second-order valence-electron chi connectivity index (χ2n) is 6.92. The predicted molar refractivity (Wildman–Crippen MR) is 108 cm³/mol. The number of aryl methyl sites for hydroxylation is 2. The van der Waals surface area contributed by atoms with Gasteiger partial charge in [-0.1, -0.05) is 60.7 Å². The van der Waals surface area contributed by atoms with Crippen molar-refractivity contribution in [2.75, 3.05) is 0 Å². The van der Waals surface area contributed by atoms with Crippen LogP contribution >= 0.6 is 8.46 Å². The van der Waals surface area contributed by atoms with Gasteiger partial charge in [-0.25, -0.2) is 0 Å². The van der Waals surface area contributed by atoms with Crippen molar-refractivity contribution in [3.8, 4) is 0 Å². The zero-order chi connectivity index (χ0) is 19.6. The largest absolute Gasteiger partial charge is 0.292 e. The smallest absolute Gasteiger partial charge is 0.193 e. The van der Waals surface area contributed by atoms with Gasteiger partial charge in [0.15, 0.2) is 20.0 Å². The molecule has 0 aromatic heterocycles. The van der Waals surface area contributed by atoms with Crippen LogP contribution in [0.5, 0.6) is 0 Å². The molecule has 2 aromatic carbocycles. The molecule has 0 saturated heterocycles. The van der Waals surface area contributed by atoms with E-state index < -0.39 is 5.16 Å². The maximum Gasteiger partial charge on any atom is 0.193 e. The van der Waals surface area contributed by atoms with Crippen molar-refractivity contribution in [2.45, 2.75) is 32.3 Å². The van der Waals surface area contributed by atoms with Gasteiger partial charge in [0.1, 0.15) is 5.16 Å². The highest BCUT2D eigenvalue weighted by molar-refractivity contribution is 7.28. The molecule has 27 heavy (non-hydrogen) atoms. The summed E-state index contributed by atoms with van der Waals surface area (Å²) in [7, 11) is -0.240. The normalized spacial score (nSPS) is 18.6. The molecule has 0 bridgehead atoms. The lowest BCUT2D eigenvalue weighted by Crippen LogP contribution is -2.32. The van der Waals surface area contributed by atoms with Gasteiger partial charge in [0.05, 0.1) is 0 Å². The van der Waals surface area contributed by atoms with Crippen LogP contribution in [-0.4, -0.2) is 16.7 Å². The maximum absolute atomic E-state index is 13.4. The minimum Gasteiger partial charge on any atom is -0.292 e. The molecule has 0 heterocycles. The fraction of sp³-hybridized carbons (Fsp3) is 0.217. The Morgan fingerprint density at radius 3 is 2.22 bits per heavy atom. The summed E-state index contributed by atoms with van der Waals surface area (Å²) in [5.74, 6) is -0.315. The summed E-state index contributed by atoms with van der Waals surface area (Å²) < 4.78 is 12.0. The highest BCUT2D eigenvalue weighted by Crippen LogP contribution is 2.38. The topological polar surface area (TPSA) is 51.2 Å². The van der Waals surface area contributed by atoms with E-state index in [0.717, 1.165) is 11.1 Å². The average molecular weight is 376 g/mol. The fourth-order valence-corrected chi connectivity index (χ4v) is 4.24. The molecular weight excluding hydrogens is 355 g/mol. The molecule has 1 atom stereocenters. The van der Waals surface area contributed by atoms with Gasteiger partial charge >= 0.3 is 0 Å². The zero-order valence-corrected chi connectivity index (χ0v) is 16.5. The van der Waals surface area contributed by atoms with Gasteiger partial charge in [0, 0.05) is 16.7 Å². The van der Waals surface area contributed by atoms with Crippen molar-refractivity contribution in [1.82, 2.24) is 0 Å². The van der Waals surface area contributed by atoms with Gasteiger partial charge in [-0.15, -0.1) is 0 Å². The van der Waals surface area contributed by atoms with E-state index >= 15 is 0 Å². The van der Waals surface area contributed by atoms with Gasteiger partial charge in [-0.3, -0.25) is 14.2 Å². The molecule has 2 aromatic rings. The molecule has 0 amide bonds. The Morgan fingerprint density at radius 1 is 0.963 bits per heavy atom. The van der Waals surface area contributed by atoms with Crippen molar-refractivity contribution in [3.63, 3.8) is 0 Å². The van der Waals surface area contributed by atoms with E-state index in [-0.39, 0.29) is 20.0 Å². The quantitative estimate of drug-likeness (QED) is 0.506. The Morgan fingerprint density at radius 2 is 1.63 bits per heavy atom. The first-order valence-corrected chi connectivity index (χ1v) is 9.67. The maximum atomic E-state index is 13.4. The number of hydrogen-bond donors (Lipinski definition) is 0. The van der Waals surface area contributed by atoms with Crippen LogP contribution in [0.4, 0.5) is 0 Å². The molecule has 3 nitrogen and oxygen atoms in total. The Labute approximate surface area is 161 Å². The molecule has 4 heteroatoms. The first-order valence-electron chi connectivity index (χ1n) is 8.85. The molecule has 0 aliphatic heterocycles. The van der Waals surface area contributed by atoms with Gasteiger partial charge in [-0.2, -0.15) is 0 Å². The number of hydrogen-bond acceptors (Lipinski definition) is 3. The van der Waals surface area contributed by atoms with Crippen LogP contribution in [-0.2, 0) is 4.57 Å². The van der Waals surface area contributed by atoms with Crippen LogP contribution in [0.25, 0.3) is 0 Å². The van der Waals surface area contributed by atoms with Crippen LogP contribution in [0.15, 0.2) is 60.7 Å². The van der Waals surface area contributed by atoms with E-state index in [4.69, 9.17) is 0 Å². The van der Waals surface area contributed by atoms with Crippen molar-refractivity contribution >= 4 is 20.0 Å². The third-order valence-electron chi connectivity index (χ3n) is 5.07. The van der Waals surface area contributed by atoms with Crippen LogP contribution in [0.2, 0.25) is 0 Å². The average Bonchev–Trinajstić information content (AvgIpc) is 2.68. The molecule has 0 saturated carbocycles. The molecule has 0 fully saturated rings. The van der Waals surface area contributed by atoms with E-state index in [1.165, 1.54) is 0 Å². The predicted octanol–water partition coefficient (Wildman–Crippen LogP) is 5.57. The SMILES string of the molecule is Cc1cc(C)c(C(=O)C2(P=O)C=CC=CC2)c(C)c1C(=O)c1ccccc1. The second kappa shape index (κ2) is 7.54. The summed E-state index contributed by atoms with van der Waals surface area (Å²) in [6.07, 6.45) is 7.51. The molecule has 136 valence electrons. The van der Waals surface area contributed by atoms with Crippen molar-refractivity contribution in [1.29, 1.82) is 0 Å². The molecular formula is C23H21O3P. The Hall–Kier alpha value is -2.64. The monoisotopic (exact) mass is 376 g/mol. The number of carbonyl (C=O) groups excluding carboxylic acids is 2. The van der Waals surface area contributed by atoms with E-state index in [1.807, 2.05) is 50.3 Å². The summed E-state index contributed by atoms with van der Waals surface area (Å²) in [6, 6.07) is 10.9. The summed E-state index contributed by atoms with van der Waals surface area (Å²) >= 11 is 0. The van der Waals surface area contributed by atoms with Gasteiger partial charge in [-0.05, 0) is 43.9 Å². The fourth-order valence-electron chi connectivity index (χ4n) is 3.72. The summed E-state index contributed by atoms with van der Waals surface area (Å²) in [5, 5.41) is -1.10. The van der Waals surface area contributed by atoms with Gasteiger partial charge < -0.3 is 0 Å². The highest BCUT2D eigenvalue weighted by atomic mass is 31.1. The minimum absolute atomic E-state index is 0.104. The number of allylic oxidation sites excluding steroid dienone is 4. The lowest BCUT2D eigenvalue weighted by molar-refractivity contribution is 0.0959. The van der Waals surface area contributed by atoms with Gasteiger partial charge in [0.25, 0.3) is 0 Å². The Balaban J connectivity index is 2.16. The van der Waals surface area contributed by atoms with Crippen molar-refractivity contribution in [2.24, 2.45) is 0 Å². The molecule has 0 radical (unpaired) electrons. The van der Waals surface area contributed by atoms with Crippen LogP contribution < -0.4 is 0 Å². The van der Waals surface area contributed by atoms with Crippen LogP contribution in [0.1, 0.15) is 49.4 Å². The summed E-state index contributed by atoms with van der Waals surface area (Å²) in [6.45, 7) is 5.55. The number of ketones is 2. The lowest BCUT2D eigenvalue weighted by Gasteiger charge is -2.25. The summed E-state index contributed by atoms with van der Waals surface area (Å²) in [4.78, 5) is 26.5. The first-order chi connectivity index (χ1) is 12.9. The molecule has 3 rings (SSSR count).